The van der Waals surface area contributed by atoms with E-state index in [1.165, 1.54) is 10.4 Å². The van der Waals surface area contributed by atoms with Crippen LogP contribution in [0.2, 0.25) is 0 Å². The first kappa shape index (κ1) is 9.44. The van der Waals surface area contributed by atoms with Crippen molar-refractivity contribution in [3.05, 3.63) is 58.3 Å². The highest BCUT2D eigenvalue weighted by atomic mass is 32.1. The Morgan fingerprint density at radius 2 is 1.86 bits per heavy atom. The molecule has 0 aliphatic rings. The smallest absolute Gasteiger partial charge is 0.116 e. The topological polar surface area (TPSA) is 9.23 Å². The molecule has 0 aliphatic carbocycles. The summed E-state index contributed by atoms with van der Waals surface area (Å²) in [6.07, 6.45) is 0.0798. The lowest BCUT2D eigenvalue weighted by Crippen LogP contribution is -2.00. The van der Waals surface area contributed by atoms with Gasteiger partial charge >= 0.3 is 0 Å². The molecule has 1 aromatic carbocycles. The lowest BCUT2D eigenvalue weighted by molar-refractivity contribution is 0.139. The Kier molecular flexibility index (Phi) is 2.96. The van der Waals surface area contributed by atoms with Crippen molar-refractivity contribution in [2.45, 2.75) is 6.10 Å². The standard InChI is InChI=1S/C12H12OS/c1-13-12(11-8-5-9-14-11)10-6-3-2-4-7-10/h2-9,12H,1H3. The fraction of sp³-hybridized carbons (Fsp3) is 0.167. The highest BCUT2D eigenvalue weighted by molar-refractivity contribution is 7.10. The first-order chi connectivity index (χ1) is 6.92. The van der Waals surface area contributed by atoms with Crippen molar-refractivity contribution in [1.82, 2.24) is 0 Å². The number of hydrogen-bond donors (Lipinski definition) is 0. The monoisotopic (exact) mass is 204 g/mol. The lowest BCUT2D eigenvalue weighted by atomic mass is 10.1. The SMILES string of the molecule is COC(c1ccccc1)c1cccs1. The van der Waals surface area contributed by atoms with Gasteiger partial charge in [-0.15, -0.1) is 11.3 Å². The van der Waals surface area contributed by atoms with E-state index in [9.17, 15) is 0 Å². The van der Waals surface area contributed by atoms with Crippen LogP contribution in [-0.4, -0.2) is 7.11 Å². The fourth-order valence-corrected chi connectivity index (χ4v) is 2.31. The second kappa shape index (κ2) is 4.40. The number of hydrogen-bond acceptors (Lipinski definition) is 2. The van der Waals surface area contributed by atoms with E-state index in [0.717, 1.165) is 0 Å². The fourth-order valence-electron chi connectivity index (χ4n) is 1.48. The molecule has 2 heteroatoms. The second-order valence-corrected chi connectivity index (χ2v) is 4.02. The average Bonchev–Trinajstić information content (AvgIpc) is 2.74. The molecule has 0 amide bonds. The van der Waals surface area contributed by atoms with Gasteiger partial charge in [0.2, 0.25) is 0 Å². The van der Waals surface area contributed by atoms with Gasteiger partial charge in [-0.25, -0.2) is 0 Å². The van der Waals surface area contributed by atoms with Crippen LogP contribution < -0.4 is 0 Å². The normalized spacial score (nSPS) is 12.6. The molecule has 2 aromatic rings. The van der Waals surface area contributed by atoms with Gasteiger partial charge in [-0.2, -0.15) is 0 Å². The molecule has 1 heterocycles. The van der Waals surface area contributed by atoms with E-state index in [2.05, 4.69) is 29.6 Å². The molecule has 0 aliphatic heterocycles. The minimum Gasteiger partial charge on any atom is -0.371 e. The van der Waals surface area contributed by atoms with Crippen molar-refractivity contribution in [3.63, 3.8) is 0 Å². The van der Waals surface area contributed by atoms with E-state index in [-0.39, 0.29) is 6.10 Å². The van der Waals surface area contributed by atoms with Crippen LogP contribution in [0, 0.1) is 0 Å². The van der Waals surface area contributed by atoms with Crippen LogP contribution in [-0.2, 0) is 4.74 Å². The van der Waals surface area contributed by atoms with Crippen molar-refractivity contribution in [3.8, 4) is 0 Å². The van der Waals surface area contributed by atoms with Crippen molar-refractivity contribution in [2.24, 2.45) is 0 Å². The molecule has 1 nitrogen and oxygen atoms in total. The predicted molar refractivity (Wildman–Crippen MR) is 59.6 cm³/mol. The quantitative estimate of drug-likeness (QED) is 0.743. The van der Waals surface area contributed by atoms with Gasteiger partial charge in [-0.3, -0.25) is 0 Å². The van der Waals surface area contributed by atoms with Crippen molar-refractivity contribution >= 4 is 11.3 Å². The molecule has 1 aromatic heterocycles. The summed E-state index contributed by atoms with van der Waals surface area (Å²) >= 11 is 1.73. The van der Waals surface area contributed by atoms with Crippen LogP contribution in [0.3, 0.4) is 0 Å². The summed E-state index contributed by atoms with van der Waals surface area (Å²) in [6.45, 7) is 0. The molecule has 1 unspecified atom stereocenters. The molecule has 0 saturated carbocycles. The highest BCUT2D eigenvalue weighted by Gasteiger charge is 2.12. The van der Waals surface area contributed by atoms with Crippen molar-refractivity contribution < 1.29 is 4.74 Å². The van der Waals surface area contributed by atoms with Gasteiger partial charge in [0.05, 0.1) is 0 Å². The van der Waals surface area contributed by atoms with Crippen LogP contribution >= 0.6 is 11.3 Å². The molecule has 0 radical (unpaired) electrons. The number of benzene rings is 1. The minimum atomic E-state index is 0.0798. The third-order valence-electron chi connectivity index (χ3n) is 2.14. The zero-order valence-corrected chi connectivity index (χ0v) is 8.83. The Hall–Kier alpha value is -1.12. The maximum absolute atomic E-state index is 5.49. The van der Waals surface area contributed by atoms with E-state index in [1.54, 1.807) is 18.4 Å². The summed E-state index contributed by atoms with van der Waals surface area (Å²) in [5.74, 6) is 0. The van der Waals surface area contributed by atoms with Gasteiger partial charge in [-0.1, -0.05) is 36.4 Å². The number of rotatable bonds is 3. The Morgan fingerprint density at radius 1 is 1.07 bits per heavy atom. The number of ether oxygens (including phenoxy) is 1. The molecule has 0 spiro atoms. The van der Waals surface area contributed by atoms with Gasteiger partial charge < -0.3 is 4.74 Å². The summed E-state index contributed by atoms with van der Waals surface area (Å²) in [5.41, 5.74) is 1.21. The average molecular weight is 204 g/mol. The zero-order chi connectivity index (χ0) is 9.80. The lowest BCUT2D eigenvalue weighted by Gasteiger charge is -2.13. The second-order valence-electron chi connectivity index (χ2n) is 3.04. The highest BCUT2D eigenvalue weighted by Crippen LogP contribution is 2.28. The van der Waals surface area contributed by atoms with Gasteiger partial charge in [0, 0.05) is 12.0 Å². The molecule has 0 fully saturated rings. The van der Waals surface area contributed by atoms with E-state index in [1.807, 2.05) is 18.2 Å². The van der Waals surface area contributed by atoms with E-state index in [4.69, 9.17) is 4.74 Å². The van der Waals surface area contributed by atoms with E-state index in [0.29, 0.717) is 0 Å². The predicted octanol–water partition coefficient (Wildman–Crippen LogP) is 3.48. The maximum atomic E-state index is 5.49. The molecule has 72 valence electrons. The summed E-state index contributed by atoms with van der Waals surface area (Å²) in [5, 5.41) is 2.07. The molecular weight excluding hydrogens is 192 g/mol. The van der Waals surface area contributed by atoms with Gasteiger partial charge in [0.1, 0.15) is 6.10 Å². The molecule has 0 bridgehead atoms. The van der Waals surface area contributed by atoms with Crippen LogP contribution in [0.15, 0.2) is 47.8 Å². The zero-order valence-electron chi connectivity index (χ0n) is 8.01. The van der Waals surface area contributed by atoms with E-state index < -0.39 is 0 Å². The van der Waals surface area contributed by atoms with Crippen LogP contribution in [0.5, 0.6) is 0 Å². The number of thiophene rings is 1. The molecule has 0 N–H and O–H groups in total. The Morgan fingerprint density at radius 3 is 2.43 bits per heavy atom. The molecule has 1 atom stereocenters. The van der Waals surface area contributed by atoms with E-state index >= 15 is 0 Å². The third kappa shape index (κ3) is 1.86. The van der Waals surface area contributed by atoms with Gasteiger partial charge in [0.25, 0.3) is 0 Å². The summed E-state index contributed by atoms with van der Waals surface area (Å²) in [7, 11) is 1.75. The van der Waals surface area contributed by atoms with Crippen LogP contribution in [0.4, 0.5) is 0 Å². The molecule has 14 heavy (non-hydrogen) atoms. The summed E-state index contributed by atoms with van der Waals surface area (Å²) in [6, 6.07) is 14.4. The van der Waals surface area contributed by atoms with Crippen LogP contribution in [0.25, 0.3) is 0 Å². The summed E-state index contributed by atoms with van der Waals surface area (Å²) in [4.78, 5) is 1.25. The third-order valence-corrected chi connectivity index (χ3v) is 3.06. The Labute approximate surface area is 88.0 Å². The first-order valence-electron chi connectivity index (χ1n) is 4.53. The molecular formula is C12H12OS. The van der Waals surface area contributed by atoms with Crippen LogP contribution in [0.1, 0.15) is 16.5 Å². The van der Waals surface area contributed by atoms with Crippen molar-refractivity contribution in [1.29, 1.82) is 0 Å². The maximum Gasteiger partial charge on any atom is 0.116 e. The molecule has 0 saturated heterocycles. The summed E-state index contributed by atoms with van der Waals surface area (Å²) < 4.78 is 5.49. The van der Waals surface area contributed by atoms with Gasteiger partial charge in [0.15, 0.2) is 0 Å². The minimum absolute atomic E-state index is 0.0798. The Balaban J connectivity index is 2.31. The first-order valence-corrected chi connectivity index (χ1v) is 5.41. The number of methoxy groups -OCH3 is 1. The van der Waals surface area contributed by atoms with Crippen molar-refractivity contribution in [2.75, 3.05) is 7.11 Å². The molecule has 2 rings (SSSR count). The largest absolute Gasteiger partial charge is 0.371 e. The van der Waals surface area contributed by atoms with Gasteiger partial charge in [-0.05, 0) is 17.0 Å². The Bertz CT molecular complexity index is 366.